The number of rotatable bonds is 7. The number of thioether (sulfide) groups is 1. The van der Waals surface area contributed by atoms with Gasteiger partial charge in [0.1, 0.15) is 0 Å². The van der Waals surface area contributed by atoms with E-state index in [9.17, 15) is 4.79 Å². The van der Waals surface area contributed by atoms with Gasteiger partial charge in [-0.15, -0.1) is 11.8 Å². The van der Waals surface area contributed by atoms with Crippen molar-refractivity contribution in [1.82, 2.24) is 21.2 Å². The number of hydrogen-bond donors (Lipinski definition) is 4. The quantitative estimate of drug-likeness (QED) is 0.204. The molecule has 0 aliphatic rings. The zero-order chi connectivity index (χ0) is 18.9. The molecule has 0 atom stereocenters. The molecule has 6 nitrogen and oxygen atoms in total. The van der Waals surface area contributed by atoms with Crippen molar-refractivity contribution in [2.45, 2.75) is 4.90 Å². The number of thiazole rings is 1. The van der Waals surface area contributed by atoms with Crippen LogP contribution < -0.4 is 21.5 Å². The molecule has 0 spiro atoms. The topological polar surface area (TPSA) is 78.1 Å². The van der Waals surface area contributed by atoms with E-state index < -0.39 is 0 Å². The summed E-state index contributed by atoms with van der Waals surface area (Å²) in [5.41, 5.74) is 6.18. The van der Waals surface area contributed by atoms with Gasteiger partial charge in [0.25, 0.3) is 5.91 Å². The number of carbonyl (C=O) groups excluding carboxylic acids is 1. The molecule has 0 radical (unpaired) electrons. The van der Waals surface area contributed by atoms with E-state index in [-0.39, 0.29) is 12.5 Å². The van der Waals surface area contributed by atoms with E-state index in [1.807, 2.05) is 42.5 Å². The zero-order valence-corrected chi connectivity index (χ0v) is 16.8. The number of hydrogen-bond acceptors (Lipinski definition) is 6. The highest BCUT2D eigenvalue weighted by Crippen LogP contribution is 2.24. The maximum absolute atomic E-state index is 11.9. The Morgan fingerprint density at radius 1 is 1.07 bits per heavy atom. The summed E-state index contributed by atoms with van der Waals surface area (Å²) in [6, 6.07) is 18.0. The first kappa shape index (κ1) is 19.4. The minimum Gasteiger partial charge on any atom is -0.361 e. The predicted octanol–water partition coefficient (Wildman–Crippen LogP) is 3.00. The summed E-state index contributed by atoms with van der Waals surface area (Å²) in [6.45, 7) is 0.810. The zero-order valence-electron chi connectivity index (χ0n) is 14.4. The van der Waals surface area contributed by atoms with Crippen LogP contribution in [0.5, 0.6) is 0 Å². The van der Waals surface area contributed by atoms with Gasteiger partial charge in [0.15, 0.2) is 10.2 Å². The molecule has 0 aliphatic heterocycles. The summed E-state index contributed by atoms with van der Waals surface area (Å²) in [5.74, 6) is 0.649. The third-order valence-corrected chi connectivity index (χ3v) is 5.66. The largest absolute Gasteiger partial charge is 0.361 e. The van der Waals surface area contributed by atoms with Crippen molar-refractivity contribution < 1.29 is 4.79 Å². The molecule has 0 unspecified atom stereocenters. The van der Waals surface area contributed by atoms with Crippen LogP contribution in [0.4, 0.5) is 5.13 Å². The Hall–Kier alpha value is -2.36. The number of hydrazine groups is 1. The third-order valence-electron chi connectivity index (χ3n) is 3.41. The first-order valence-electron chi connectivity index (χ1n) is 8.31. The second-order valence-corrected chi connectivity index (χ2v) is 8.04. The van der Waals surface area contributed by atoms with Crippen molar-refractivity contribution in [2.75, 3.05) is 24.2 Å². The Morgan fingerprint density at radius 2 is 1.85 bits per heavy atom. The van der Waals surface area contributed by atoms with Crippen LogP contribution in [0.2, 0.25) is 0 Å². The Kier molecular flexibility index (Phi) is 7.26. The lowest BCUT2D eigenvalue weighted by Crippen LogP contribution is -2.48. The molecule has 4 N–H and O–H groups in total. The molecule has 9 heteroatoms. The van der Waals surface area contributed by atoms with Gasteiger partial charge in [-0.2, -0.15) is 0 Å². The van der Waals surface area contributed by atoms with Gasteiger partial charge in [0.2, 0.25) is 0 Å². The molecule has 27 heavy (non-hydrogen) atoms. The number of thiocarbonyl (C=S) groups is 1. The first-order valence-corrected chi connectivity index (χ1v) is 10.5. The average molecular weight is 418 g/mol. The summed E-state index contributed by atoms with van der Waals surface area (Å²) in [5, 5.41) is 7.17. The van der Waals surface area contributed by atoms with Crippen molar-refractivity contribution in [3.8, 4) is 0 Å². The monoisotopic (exact) mass is 417 g/mol. The smallest absolute Gasteiger partial charge is 0.257 e. The third kappa shape index (κ3) is 6.38. The average Bonchev–Trinajstić information content (AvgIpc) is 3.12. The molecule has 0 aliphatic carbocycles. The lowest BCUT2D eigenvalue weighted by Gasteiger charge is -2.11. The molecule has 1 aromatic heterocycles. The minimum absolute atomic E-state index is 0.110. The number of aromatic nitrogens is 1. The lowest BCUT2D eigenvalue weighted by molar-refractivity contribution is -0.119. The molecular formula is C18H19N5OS3. The highest BCUT2D eigenvalue weighted by molar-refractivity contribution is 7.99. The molecule has 3 aromatic rings. The van der Waals surface area contributed by atoms with E-state index in [2.05, 4.69) is 38.6 Å². The molecule has 1 amide bonds. The molecule has 140 valence electrons. The molecular weight excluding hydrogens is 398 g/mol. The van der Waals surface area contributed by atoms with E-state index in [4.69, 9.17) is 12.2 Å². The summed E-state index contributed by atoms with van der Waals surface area (Å²) in [4.78, 5) is 17.5. The number of nitrogens with zero attached hydrogens (tertiary/aromatic N) is 1. The maximum atomic E-state index is 11.9. The molecule has 0 saturated carbocycles. The number of nitrogens with one attached hydrogen (secondary N) is 4. The standard InChI is InChI=1S/C18H19N5OS3/c24-16(12-20-18-21-14-8-4-5-9-15(14)27-18)22-23-17(25)19-10-11-26-13-6-2-1-3-7-13/h1-9H,10-12H2,(H,20,21)(H,22,24)(H2,19,23,25). The van der Waals surface area contributed by atoms with Crippen LogP contribution in [-0.4, -0.2) is 34.8 Å². The second kappa shape index (κ2) is 10.1. The van der Waals surface area contributed by atoms with Crippen molar-refractivity contribution in [3.63, 3.8) is 0 Å². The molecule has 0 fully saturated rings. The van der Waals surface area contributed by atoms with Gasteiger partial charge in [-0.1, -0.05) is 41.7 Å². The normalized spacial score (nSPS) is 10.4. The molecule has 2 aromatic carbocycles. The first-order chi connectivity index (χ1) is 13.2. The van der Waals surface area contributed by atoms with Crippen molar-refractivity contribution in [3.05, 3.63) is 54.6 Å². The van der Waals surface area contributed by atoms with E-state index in [0.29, 0.717) is 16.8 Å². The van der Waals surface area contributed by atoms with Crippen LogP contribution >= 0.6 is 35.3 Å². The Balaban J connectivity index is 1.29. The predicted molar refractivity (Wildman–Crippen MR) is 117 cm³/mol. The lowest BCUT2D eigenvalue weighted by atomic mass is 10.3. The fourth-order valence-electron chi connectivity index (χ4n) is 2.17. The van der Waals surface area contributed by atoms with Crippen LogP contribution in [0.25, 0.3) is 10.2 Å². The summed E-state index contributed by atoms with van der Waals surface area (Å²) < 4.78 is 1.08. The van der Waals surface area contributed by atoms with Crippen LogP contribution in [-0.2, 0) is 4.79 Å². The minimum atomic E-state index is -0.225. The van der Waals surface area contributed by atoms with Gasteiger partial charge in [-0.05, 0) is 36.5 Å². The molecule has 1 heterocycles. The Morgan fingerprint density at radius 3 is 2.67 bits per heavy atom. The number of amides is 1. The number of fused-ring (bicyclic) bond motifs is 1. The van der Waals surface area contributed by atoms with Crippen LogP contribution in [0.1, 0.15) is 0 Å². The van der Waals surface area contributed by atoms with Gasteiger partial charge in [0.05, 0.1) is 16.8 Å². The molecule has 0 bridgehead atoms. The highest BCUT2D eigenvalue weighted by Gasteiger charge is 2.06. The highest BCUT2D eigenvalue weighted by atomic mass is 32.2. The van der Waals surface area contributed by atoms with Gasteiger partial charge in [-0.25, -0.2) is 4.98 Å². The van der Waals surface area contributed by atoms with Crippen molar-refractivity contribution in [1.29, 1.82) is 0 Å². The second-order valence-electron chi connectivity index (χ2n) is 5.43. The summed E-state index contributed by atoms with van der Waals surface area (Å²) >= 11 is 8.40. The van der Waals surface area contributed by atoms with Gasteiger partial charge < -0.3 is 10.6 Å². The summed E-state index contributed by atoms with van der Waals surface area (Å²) in [6.07, 6.45) is 0. The molecule has 3 rings (SSSR count). The maximum Gasteiger partial charge on any atom is 0.257 e. The number of anilines is 1. The Labute approximate surface area is 171 Å². The van der Waals surface area contributed by atoms with E-state index in [0.717, 1.165) is 16.0 Å². The molecule has 0 saturated heterocycles. The SMILES string of the molecule is O=C(CNc1nc2ccccc2s1)NNC(=S)NCCSc1ccccc1. The van der Waals surface area contributed by atoms with Crippen LogP contribution in [0, 0.1) is 0 Å². The van der Waals surface area contributed by atoms with Gasteiger partial charge in [0, 0.05) is 17.2 Å². The van der Waals surface area contributed by atoms with Crippen LogP contribution in [0.15, 0.2) is 59.5 Å². The van der Waals surface area contributed by atoms with Gasteiger partial charge >= 0.3 is 0 Å². The number of carbonyl (C=O) groups is 1. The van der Waals surface area contributed by atoms with Crippen molar-refractivity contribution >= 4 is 61.7 Å². The van der Waals surface area contributed by atoms with E-state index in [1.165, 1.54) is 16.2 Å². The fraction of sp³-hybridized carbons (Fsp3) is 0.167. The van der Waals surface area contributed by atoms with Gasteiger partial charge in [-0.3, -0.25) is 15.6 Å². The van der Waals surface area contributed by atoms with Crippen LogP contribution in [0.3, 0.4) is 0 Å². The number of para-hydroxylation sites is 1. The fourth-order valence-corrected chi connectivity index (χ4v) is 3.97. The summed E-state index contributed by atoms with van der Waals surface area (Å²) in [7, 11) is 0. The van der Waals surface area contributed by atoms with E-state index in [1.54, 1.807) is 11.8 Å². The Bertz CT molecular complexity index is 867. The van der Waals surface area contributed by atoms with Crippen molar-refractivity contribution in [2.24, 2.45) is 0 Å². The van der Waals surface area contributed by atoms with E-state index >= 15 is 0 Å². The number of benzene rings is 2.